The summed E-state index contributed by atoms with van der Waals surface area (Å²) in [7, 11) is 0. The molecule has 3 heterocycles. The highest BCUT2D eigenvalue weighted by Gasteiger charge is 2.28. The van der Waals surface area contributed by atoms with Gasteiger partial charge in [0.2, 0.25) is 5.91 Å². The Kier molecular flexibility index (Phi) is 4.14. The second kappa shape index (κ2) is 6.50. The average molecular weight is 364 g/mol. The van der Waals surface area contributed by atoms with Gasteiger partial charge in [0.25, 0.3) is 5.56 Å². The Morgan fingerprint density at radius 1 is 1.26 bits per heavy atom. The predicted molar refractivity (Wildman–Crippen MR) is 101 cm³/mol. The first-order chi connectivity index (χ1) is 13.0. The van der Waals surface area contributed by atoms with Gasteiger partial charge in [-0.05, 0) is 26.3 Å². The van der Waals surface area contributed by atoms with Crippen LogP contribution in [0.15, 0.2) is 41.6 Å². The number of aromatic amines is 1. The molecule has 1 amide bonds. The fraction of sp³-hybridized carbons (Fsp3) is 0.300. The number of fused-ring (bicyclic) bond motifs is 2. The van der Waals surface area contributed by atoms with Crippen molar-refractivity contribution in [3.63, 3.8) is 0 Å². The van der Waals surface area contributed by atoms with E-state index in [2.05, 4.69) is 9.97 Å². The highest BCUT2D eigenvalue weighted by molar-refractivity contribution is 6.07. The van der Waals surface area contributed by atoms with Crippen LogP contribution in [0, 0.1) is 0 Å². The van der Waals surface area contributed by atoms with E-state index >= 15 is 0 Å². The number of hydrogen-bond acceptors (Lipinski definition) is 4. The minimum Gasteiger partial charge on any atom is -0.335 e. The number of H-pyrrole nitrogens is 1. The molecule has 2 aromatic heterocycles. The van der Waals surface area contributed by atoms with E-state index in [-0.39, 0.29) is 17.2 Å². The number of ketones is 1. The molecule has 0 bridgehead atoms. The Morgan fingerprint density at radius 2 is 2.04 bits per heavy atom. The molecule has 138 valence electrons. The maximum Gasteiger partial charge on any atom is 0.254 e. The molecule has 1 aliphatic heterocycles. The molecule has 1 aliphatic rings. The van der Waals surface area contributed by atoms with Crippen molar-refractivity contribution in [3.05, 3.63) is 64.0 Å². The van der Waals surface area contributed by atoms with Gasteiger partial charge in [-0.1, -0.05) is 18.2 Å². The summed E-state index contributed by atoms with van der Waals surface area (Å²) < 4.78 is 1.86. The molecule has 0 saturated carbocycles. The number of benzene rings is 1. The van der Waals surface area contributed by atoms with E-state index in [1.807, 2.05) is 35.8 Å². The maximum absolute atomic E-state index is 13.1. The van der Waals surface area contributed by atoms with Crippen molar-refractivity contribution in [1.29, 1.82) is 0 Å². The topological polar surface area (TPSA) is 88.1 Å². The van der Waals surface area contributed by atoms with Crippen molar-refractivity contribution in [2.45, 2.75) is 32.9 Å². The minimum atomic E-state index is -0.466. The normalized spacial score (nSPS) is 14.8. The summed E-state index contributed by atoms with van der Waals surface area (Å²) in [5, 5.41) is 0.849. The number of nitrogens with one attached hydrogen (secondary N) is 1. The zero-order chi connectivity index (χ0) is 19.1. The summed E-state index contributed by atoms with van der Waals surface area (Å²) >= 11 is 0. The zero-order valence-electron chi connectivity index (χ0n) is 15.2. The highest BCUT2D eigenvalue weighted by Crippen LogP contribution is 2.27. The standard InChI is InChI=1S/C20H20N4O3/c1-12(24-9-16(13(2)25)14-5-3-4-6-18(14)24)20(27)23-8-7-15-17(10-23)21-11-22-19(15)26/h3-6,9,11-12H,7-8,10H2,1-2H3,(H,21,22,26). The van der Waals surface area contributed by atoms with Crippen molar-refractivity contribution < 1.29 is 9.59 Å². The first-order valence-electron chi connectivity index (χ1n) is 8.92. The molecule has 27 heavy (non-hydrogen) atoms. The zero-order valence-corrected chi connectivity index (χ0v) is 15.2. The van der Waals surface area contributed by atoms with Gasteiger partial charge in [0.1, 0.15) is 6.04 Å². The van der Waals surface area contributed by atoms with Gasteiger partial charge in [0.15, 0.2) is 5.78 Å². The van der Waals surface area contributed by atoms with Crippen LogP contribution in [-0.4, -0.2) is 37.7 Å². The van der Waals surface area contributed by atoms with Crippen LogP contribution in [0.5, 0.6) is 0 Å². The number of aromatic nitrogens is 3. The fourth-order valence-corrected chi connectivity index (χ4v) is 3.74. The van der Waals surface area contributed by atoms with Crippen LogP contribution in [-0.2, 0) is 17.8 Å². The minimum absolute atomic E-state index is 0.0278. The van der Waals surface area contributed by atoms with Crippen molar-refractivity contribution >= 4 is 22.6 Å². The van der Waals surface area contributed by atoms with Crippen molar-refractivity contribution in [3.8, 4) is 0 Å². The molecule has 3 aromatic rings. The molecule has 4 rings (SSSR count). The smallest absolute Gasteiger partial charge is 0.254 e. The van der Waals surface area contributed by atoms with Crippen molar-refractivity contribution in [2.75, 3.05) is 6.54 Å². The fourth-order valence-electron chi connectivity index (χ4n) is 3.74. The van der Waals surface area contributed by atoms with Gasteiger partial charge < -0.3 is 14.5 Å². The van der Waals surface area contributed by atoms with Gasteiger partial charge in [-0.15, -0.1) is 0 Å². The van der Waals surface area contributed by atoms with Crippen molar-refractivity contribution in [2.24, 2.45) is 0 Å². The number of rotatable bonds is 3. The van der Waals surface area contributed by atoms with Gasteiger partial charge >= 0.3 is 0 Å². The van der Waals surface area contributed by atoms with Crippen LogP contribution >= 0.6 is 0 Å². The lowest BCUT2D eigenvalue weighted by molar-refractivity contribution is -0.135. The number of para-hydroxylation sites is 1. The number of Topliss-reactive ketones (excluding diaryl/α,β-unsaturated/α-hetero) is 1. The Labute approximate surface area is 155 Å². The molecule has 0 fully saturated rings. The molecule has 1 unspecified atom stereocenters. The summed E-state index contributed by atoms with van der Waals surface area (Å²) in [6.07, 6.45) is 3.62. The second-order valence-electron chi connectivity index (χ2n) is 6.87. The third-order valence-electron chi connectivity index (χ3n) is 5.22. The van der Waals surface area contributed by atoms with Crippen LogP contribution in [0.4, 0.5) is 0 Å². The number of nitrogens with zero attached hydrogens (tertiary/aromatic N) is 3. The first-order valence-corrected chi connectivity index (χ1v) is 8.92. The molecule has 0 spiro atoms. The summed E-state index contributed by atoms with van der Waals surface area (Å²) in [6, 6.07) is 7.13. The van der Waals surface area contributed by atoms with Crippen LogP contribution in [0.3, 0.4) is 0 Å². The van der Waals surface area contributed by atoms with E-state index < -0.39 is 6.04 Å². The lowest BCUT2D eigenvalue weighted by Gasteiger charge is -2.30. The summed E-state index contributed by atoms with van der Waals surface area (Å²) in [4.78, 5) is 45.5. The molecule has 7 heteroatoms. The van der Waals surface area contributed by atoms with E-state index in [0.29, 0.717) is 36.3 Å². The Balaban J connectivity index is 1.67. The first kappa shape index (κ1) is 17.2. The number of carbonyl (C=O) groups excluding carboxylic acids is 2. The summed E-state index contributed by atoms with van der Waals surface area (Å²) in [5.41, 5.74) is 2.63. The van der Waals surface area contributed by atoms with Gasteiger partial charge in [0.05, 0.1) is 18.6 Å². The third-order valence-corrected chi connectivity index (χ3v) is 5.22. The Morgan fingerprint density at radius 3 is 2.81 bits per heavy atom. The van der Waals surface area contributed by atoms with E-state index in [1.54, 1.807) is 11.1 Å². The quantitative estimate of drug-likeness (QED) is 0.721. The highest BCUT2D eigenvalue weighted by atomic mass is 16.2. The SMILES string of the molecule is CC(=O)c1cn(C(C)C(=O)N2CCc3c(nc[nH]c3=O)C2)c2ccccc12. The summed E-state index contributed by atoms with van der Waals surface area (Å²) in [6.45, 7) is 4.16. The largest absolute Gasteiger partial charge is 0.335 e. The molecule has 7 nitrogen and oxygen atoms in total. The van der Waals surface area contributed by atoms with Crippen LogP contribution in [0.1, 0.15) is 41.5 Å². The van der Waals surface area contributed by atoms with Crippen molar-refractivity contribution in [1.82, 2.24) is 19.4 Å². The molecule has 1 atom stereocenters. The van der Waals surface area contributed by atoms with E-state index in [1.165, 1.54) is 13.3 Å². The van der Waals surface area contributed by atoms with Gasteiger partial charge in [-0.2, -0.15) is 0 Å². The monoisotopic (exact) mass is 364 g/mol. The number of amides is 1. The van der Waals surface area contributed by atoms with E-state index in [0.717, 1.165) is 10.9 Å². The molecular weight excluding hydrogens is 344 g/mol. The lowest BCUT2D eigenvalue weighted by Crippen LogP contribution is -2.41. The van der Waals surface area contributed by atoms with Gasteiger partial charge in [-0.25, -0.2) is 4.98 Å². The van der Waals surface area contributed by atoms with Gasteiger partial charge in [-0.3, -0.25) is 14.4 Å². The van der Waals surface area contributed by atoms with Crippen LogP contribution < -0.4 is 5.56 Å². The Hall–Kier alpha value is -3.22. The van der Waals surface area contributed by atoms with E-state index in [4.69, 9.17) is 0 Å². The predicted octanol–water partition coefficient (Wildman–Crippen LogP) is 2.07. The van der Waals surface area contributed by atoms with Crippen LogP contribution in [0.25, 0.3) is 10.9 Å². The third kappa shape index (κ3) is 2.85. The lowest BCUT2D eigenvalue weighted by atomic mass is 10.1. The molecule has 0 saturated heterocycles. The molecule has 0 aliphatic carbocycles. The average Bonchev–Trinajstić information content (AvgIpc) is 3.07. The number of hydrogen-bond donors (Lipinski definition) is 1. The summed E-state index contributed by atoms with van der Waals surface area (Å²) in [5.74, 6) is -0.0847. The molecule has 0 radical (unpaired) electrons. The van der Waals surface area contributed by atoms with E-state index in [9.17, 15) is 14.4 Å². The Bertz CT molecular complexity index is 1110. The maximum atomic E-state index is 13.1. The van der Waals surface area contributed by atoms with Gasteiger partial charge in [0, 0.05) is 34.8 Å². The molecule has 1 N–H and O–H groups in total. The number of carbonyl (C=O) groups is 2. The van der Waals surface area contributed by atoms with Crippen LogP contribution in [0.2, 0.25) is 0 Å². The second-order valence-corrected chi connectivity index (χ2v) is 6.87. The molecular formula is C20H20N4O3. The molecule has 1 aromatic carbocycles.